The van der Waals surface area contributed by atoms with Crippen molar-refractivity contribution in [1.29, 1.82) is 0 Å². The number of nitrogens with zero attached hydrogens (tertiary/aromatic N) is 1. The van der Waals surface area contributed by atoms with Crippen LogP contribution in [0.25, 0.3) is 0 Å². The summed E-state index contributed by atoms with van der Waals surface area (Å²) in [4.78, 5) is 3.96. The van der Waals surface area contributed by atoms with E-state index in [0.29, 0.717) is 12.1 Å². The molecule has 0 saturated carbocycles. The Bertz CT molecular complexity index is 338. The van der Waals surface area contributed by atoms with Gasteiger partial charge in [0.25, 0.3) is 0 Å². The first-order valence-electron chi connectivity index (χ1n) is 5.96. The van der Waals surface area contributed by atoms with Gasteiger partial charge >= 0.3 is 0 Å². The molecule has 0 amide bonds. The molecule has 1 aliphatic heterocycles. The van der Waals surface area contributed by atoms with Gasteiger partial charge < -0.3 is 5.73 Å². The van der Waals surface area contributed by atoms with Crippen LogP contribution in [-0.4, -0.2) is 24.0 Å². The summed E-state index contributed by atoms with van der Waals surface area (Å²) in [7, 11) is 0. The van der Waals surface area contributed by atoms with Gasteiger partial charge in [-0.2, -0.15) is 0 Å². The molecule has 0 bridgehead atoms. The summed E-state index contributed by atoms with van der Waals surface area (Å²) in [6, 6.07) is 2.96. The SMILES string of the molecule is CCCN1CCCC(N)C1c1cc(Br)cs1. The zero-order chi connectivity index (χ0) is 11.5. The number of nitrogens with two attached hydrogens (primary N) is 1. The summed E-state index contributed by atoms with van der Waals surface area (Å²) in [6.07, 6.45) is 3.60. The van der Waals surface area contributed by atoms with Crippen molar-refractivity contribution < 1.29 is 0 Å². The molecule has 1 saturated heterocycles. The fourth-order valence-electron chi connectivity index (χ4n) is 2.51. The third kappa shape index (κ3) is 2.67. The van der Waals surface area contributed by atoms with E-state index in [-0.39, 0.29) is 0 Å². The lowest BCUT2D eigenvalue weighted by molar-refractivity contribution is 0.131. The van der Waals surface area contributed by atoms with Gasteiger partial charge in [-0.3, -0.25) is 4.90 Å². The highest BCUT2D eigenvalue weighted by Gasteiger charge is 2.30. The normalized spacial score (nSPS) is 27.2. The summed E-state index contributed by atoms with van der Waals surface area (Å²) in [5.74, 6) is 0. The fraction of sp³-hybridized carbons (Fsp3) is 0.667. The van der Waals surface area contributed by atoms with Gasteiger partial charge in [0.15, 0.2) is 0 Å². The Kier molecular flexibility index (Phi) is 4.41. The second-order valence-corrected chi connectivity index (χ2v) is 6.31. The van der Waals surface area contributed by atoms with E-state index in [9.17, 15) is 0 Å². The van der Waals surface area contributed by atoms with Gasteiger partial charge in [0.2, 0.25) is 0 Å². The molecule has 2 unspecified atom stereocenters. The van der Waals surface area contributed by atoms with Gasteiger partial charge in [0.05, 0.1) is 6.04 Å². The van der Waals surface area contributed by atoms with Crippen molar-refractivity contribution in [2.24, 2.45) is 5.73 Å². The first-order chi connectivity index (χ1) is 7.72. The molecular formula is C12H19BrN2S. The van der Waals surface area contributed by atoms with Crippen LogP contribution in [0.2, 0.25) is 0 Å². The summed E-state index contributed by atoms with van der Waals surface area (Å²) in [6.45, 7) is 4.59. The molecular weight excluding hydrogens is 284 g/mol. The molecule has 1 aromatic rings. The Morgan fingerprint density at radius 1 is 1.62 bits per heavy atom. The van der Waals surface area contributed by atoms with Crippen molar-refractivity contribution >= 4 is 27.3 Å². The molecule has 2 N–H and O–H groups in total. The molecule has 2 heterocycles. The maximum atomic E-state index is 6.29. The molecule has 2 rings (SSSR count). The van der Waals surface area contributed by atoms with Gasteiger partial charge in [-0.1, -0.05) is 6.92 Å². The van der Waals surface area contributed by atoms with Crippen LogP contribution < -0.4 is 5.73 Å². The minimum atomic E-state index is 0.297. The third-order valence-corrected chi connectivity index (χ3v) is 4.94. The van der Waals surface area contributed by atoms with Gasteiger partial charge in [-0.25, -0.2) is 0 Å². The predicted molar refractivity (Wildman–Crippen MR) is 73.8 cm³/mol. The zero-order valence-corrected chi connectivity index (χ0v) is 12.1. The first kappa shape index (κ1) is 12.6. The second-order valence-electron chi connectivity index (χ2n) is 4.45. The predicted octanol–water partition coefficient (Wildman–Crippen LogP) is 3.38. The first-order valence-corrected chi connectivity index (χ1v) is 7.63. The molecule has 0 aromatic carbocycles. The molecule has 90 valence electrons. The van der Waals surface area contributed by atoms with Gasteiger partial charge in [-0.15, -0.1) is 11.3 Å². The topological polar surface area (TPSA) is 29.3 Å². The Hall–Kier alpha value is 0.1000. The average molecular weight is 303 g/mol. The Morgan fingerprint density at radius 3 is 3.06 bits per heavy atom. The van der Waals surface area contributed by atoms with Crippen LogP contribution >= 0.6 is 27.3 Å². The quantitative estimate of drug-likeness (QED) is 0.927. The second kappa shape index (κ2) is 5.63. The van der Waals surface area contributed by atoms with E-state index in [0.717, 1.165) is 13.0 Å². The van der Waals surface area contributed by atoms with Crippen molar-refractivity contribution in [2.45, 2.75) is 38.3 Å². The van der Waals surface area contributed by atoms with E-state index in [1.165, 1.54) is 28.7 Å². The van der Waals surface area contributed by atoms with Crippen LogP contribution in [0.15, 0.2) is 15.9 Å². The third-order valence-electron chi connectivity index (χ3n) is 3.17. The smallest absolute Gasteiger partial charge is 0.0593 e. The summed E-state index contributed by atoms with van der Waals surface area (Å²) >= 11 is 5.35. The molecule has 1 fully saturated rings. The number of thiophene rings is 1. The van der Waals surface area contributed by atoms with Crippen molar-refractivity contribution in [1.82, 2.24) is 4.90 Å². The highest BCUT2D eigenvalue weighted by atomic mass is 79.9. The molecule has 0 radical (unpaired) electrons. The Balaban J connectivity index is 2.18. The van der Waals surface area contributed by atoms with E-state index in [1.54, 1.807) is 0 Å². The largest absolute Gasteiger partial charge is 0.326 e. The monoisotopic (exact) mass is 302 g/mol. The number of hydrogen-bond acceptors (Lipinski definition) is 3. The lowest BCUT2D eigenvalue weighted by atomic mass is 9.95. The van der Waals surface area contributed by atoms with Crippen LogP contribution in [0, 0.1) is 0 Å². The maximum absolute atomic E-state index is 6.29. The molecule has 0 aliphatic carbocycles. The number of likely N-dealkylation sites (tertiary alicyclic amines) is 1. The molecule has 2 nitrogen and oxygen atoms in total. The van der Waals surface area contributed by atoms with E-state index in [4.69, 9.17) is 5.73 Å². The molecule has 1 aromatic heterocycles. The van der Waals surface area contributed by atoms with Crippen LogP contribution in [0.4, 0.5) is 0 Å². The van der Waals surface area contributed by atoms with Crippen LogP contribution in [0.1, 0.15) is 37.1 Å². The molecule has 0 spiro atoms. The Labute approximate surface area is 110 Å². The summed E-state index contributed by atoms with van der Waals surface area (Å²) < 4.78 is 1.18. The van der Waals surface area contributed by atoms with Crippen LogP contribution in [-0.2, 0) is 0 Å². The minimum Gasteiger partial charge on any atom is -0.326 e. The lowest BCUT2D eigenvalue weighted by Gasteiger charge is -2.39. The van der Waals surface area contributed by atoms with E-state index in [1.807, 2.05) is 11.3 Å². The summed E-state index contributed by atoms with van der Waals surface area (Å²) in [5, 5.41) is 2.15. The van der Waals surface area contributed by atoms with Crippen molar-refractivity contribution in [3.63, 3.8) is 0 Å². The number of rotatable bonds is 3. The molecule has 16 heavy (non-hydrogen) atoms. The maximum Gasteiger partial charge on any atom is 0.0593 e. The van der Waals surface area contributed by atoms with Gasteiger partial charge in [0, 0.05) is 20.8 Å². The van der Waals surface area contributed by atoms with Crippen molar-refractivity contribution in [3.8, 4) is 0 Å². The van der Waals surface area contributed by atoms with E-state index < -0.39 is 0 Å². The highest BCUT2D eigenvalue weighted by Crippen LogP contribution is 2.35. The van der Waals surface area contributed by atoms with Gasteiger partial charge in [0.1, 0.15) is 0 Å². The number of halogens is 1. The molecule has 1 aliphatic rings. The van der Waals surface area contributed by atoms with Crippen molar-refractivity contribution in [3.05, 3.63) is 20.8 Å². The van der Waals surface area contributed by atoms with E-state index >= 15 is 0 Å². The number of piperidine rings is 1. The number of hydrogen-bond donors (Lipinski definition) is 1. The average Bonchev–Trinajstić information content (AvgIpc) is 2.65. The minimum absolute atomic E-state index is 0.297. The zero-order valence-electron chi connectivity index (χ0n) is 9.66. The van der Waals surface area contributed by atoms with Crippen LogP contribution in [0.5, 0.6) is 0 Å². The standard InChI is InChI=1S/C12H19BrN2S/c1-2-5-15-6-3-4-10(14)12(15)11-7-9(13)8-16-11/h7-8,10,12H,2-6,14H2,1H3. The summed E-state index contributed by atoms with van der Waals surface area (Å²) in [5.41, 5.74) is 6.29. The fourth-order valence-corrected chi connectivity index (χ4v) is 4.16. The van der Waals surface area contributed by atoms with Gasteiger partial charge in [-0.05, 0) is 54.3 Å². The van der Waals surface area contributed by atoms with Crippen LogP contribution in [0.3, 0.4) is 0 Å². The molecule has 2 atom stereocenters. The highest BCUT2D eigenvalue weighted by molar-refractivity contribution is 9.10. The van der Waals surface area contributed by atoms with Crippen molar-refractivity contribution in [2.75, 3.05) is 13.1 Å². The lowest BCUT2D eigenvalue weighted by Crippen LogP contribution is -2.45. The Morgan fingerprint density at radius 2 is 2.44 bits per heavy atom. The van der Waals surface area contributed by atoms with E-state index in [2.05, 4.69) is 39.2 Å². The molecule has 4 heteroatoms.